The molecule has 4 nitrogen and oxygen atoms in total. The third-order valence-electron chi connectivity index (χ3n) is 3.21. The molecule has 0 aliphatic carbocycles. The minimum Gasteiger partial charge on any atom is -0.318 e. The molecule has 0 saturated heterocycles. The minimum atomic E-state index is 0. The van der Waals surface area contributed by atoms with Gasteiger partial charge in [-0.25, -0.2) is 4.68 Å². The lowest BCUT2D eigenvalue weighted by Gasteiger charge is -2.15. The van der Waals surface area contributed by atoms with Gasteiger partial charge in [0.2, 0.25) is 0 Å². The second-order valence-electron chi connectivity index (χ2n) is 4.86. The molecule has 0 aliphatic heterocycles. The van der Waals surface area contributed by atoms with Crippen LogP contribution in [0.4, 0.5) is 0 Å². The second-order valence-corrected chi connectivity index (χ2v) is 4.86. The molecule has 0 saturated carbocycles. The number of rotatable bonds is 6. The number of para-hydroxylation sites is 1. The van der Waals surface area contributed by atoms with E-state index < -0.39 is 0 Å². The standard InChI is InChI=1S/C15H22N4.ClH/c1-13-14(11-18(3)10-9-16-2)12-19(17-13)15-7-5-4-6-8-15;/h4-8,12,16H,9-11H2,1-3H3;1H. The Morgan fingerprint density at radius 1 is 1.25 bits per heavy atom. The smallest absolute Gasteiger partial charge is 0.0645 e. The van der Waals surface area contributed by atoms with Gasteiger partial charge >= 0.3 is 0 Å². The zero-order chi connectivity index (χ0) is 13.7. The molecular formula is C15H23ClN4. The average molecular weight is 295 g/mol. The highest BCUT2D eigenvalue weighted by atomic mass is 35.5. The van der Waals surface area contributed by atoms with Crippen molar-refractivity contribution in [2.45, 2.75) is 13.5 Å². The van der Waals surface area contributed by atoms with E-state index in [1.54, 1.807) is 0 Å². The van der Waals surface area contributed by atoms with Crippen LogP contribution in [0.5, 0.6) is 0 Å². The lowest BCUT2D eigenvalue weighted by Crippen LogP contribution is -2.27. The van der Waals surface area contributed by atoms with Crippen molar-refractivity contribution in [2.75, 3.05) is 27.2 Å². The fraction of sp³-hybridized carbons (Fsp3) is 0.400. The van der Waals surface area contributed by atoms with E-state index in [1.807, 2.05) is 29.9 Å². The predicted molar refractivity (Wildman–Crippen MR) is 85.8 cm³/mol. The van der Waals surface area contributed by atoms with Crippen LogP contribution in [0, 0.1) is 6.92 Å². The molecule has 0 amide bonds. The monoisotopic (exact) mass is 294 g/mol. The van der Waals surface area contributed by atoms with Crippen molar-refractivity contribution < 1.29 is 0 Å². The lowest BCUT2D eigenvalue weighted by atomic mass is 10.2. The van der Waals surface area contributed by atoms with Crippen LogP contribution in [0.2, 0.25) is 0 Å². The lowest BCUT2D eigenvalue weighted by molar-refractivity contribution is 0.327. The number of hydrogen-bond acceptors (Lipinski definition) is 3. The molecular weight excluding hydrogens is 272 g/mol. The van der Waals surface area contributed by atoms with Crippen LogP contribution in [0.15, 0.2) is 36.5 Å². The van der Waals surface area contributed by atoms with E-state index in [2.05, 4.69) is 47.6 Å². The number of benzene rings is 1. The molecule has 2 aromatic rings. The molecule has 0 aliphatic rings. The van der Waals surface area contributed by atoms with Gasteiger partial charge in [0.05, 0.1) is 11.4 Å². The maximum absolute atomic E-state index is 4.59. The largest absolute Gasteiger partial charge is 0.318 e. The van der Waals surface area contributed by atoms with E-state index in [9.17, 15) is 0 Å². The van der Waals surface area contributed by atoms with Gasteiger partial charge in [0.1, 0.15) is 0 Å². The van der Waals surface area contributed by atoms with Crippen molar-refractivity contribution >= 4 is 12.4 Å². The summed E-state index contributed by atoms with van der Waals surface area (Å²) in [5, 5.41) is 7.76. The highest BCUT2D eigenvalue weighted by Crippen LogP contribution is 2.13. The summed E-state index contributed by atoms with van der Waals surface area (Å²) in [5.41, 5.74) is 3.48. The number of aromatic nitrogens is 2. The van der Waals surface area contributed by atoms with Gasteiger partial charge in [-0.1, -0.05) is 18.2 Å². The topological polar surface area (TPSA) is 33.1 Å². The summed E-state index contributed by atoms with van der Waals surface area (Å²) in [5.74, 6) is 0. The van der Waals surface area contributed by atoms with E-state index in [4.69, 9.17) is 0 Å². The number of likely N-dealkylation sites (N-methyl/N-ethyl adjacent to an activating group) is 2. The SMILES string of the molecule is CNCCN(C)Cc1cn(-c2ccccc2)nc1C.Cl. The van der Waals surface area contributed by atoms with Crippen molar-refractivity contribution in [2.24, 2.45) is 0 Å². The maximum atomic E-state index is 4.59. The molecule has 110 valence electrons. The van der Waals surface area contributed by atoms with Gasteiger partial charge in [-0.3, -0.25) is 0 Å². The second kappa shape index (κ2) is 8.04. The first kappa shape index (κ1) is 16.7. The van der Waals surface area contributed by atoms with Gasteiger partial charge in [-0.2, -0.15) is 5.10 Å². The summed E-state index contributed by atoms with van der Waals surface area (Å²) in [4.78, 5) is 2.30. The summed E-state index contributed by atoms with van der Waals surface area (Å²) in [6.07, 6.45) is 2.13. The van der Waals surface area contributed by atoms with Crippen LogP contribution >= 0.6 is 12.4 Å². The molecule has 1 N–H and O–H groups in total. The Morgan fingerprint density at radius 2 is 1.95 bits per heavy atom. The van der Waals surface area contributed by atoms with Gasteiger partial charge < -0.3 is 10.2 Å². The summed E-state index contributed by atoms with van der Waals surface area (Å²) in [6.45, 7) is 5.04. The zero-order valence-corrected chi connectivity index (χ0v) is 13.2. The third-order valence-corrected chi connectivity index (χ3v) is 3.21. The van der Waals surface area contributed by atoms with Crippen LogP contribution in [0.3, 0.4) is 0 Å². The first-order valence-corrected chi connectivity index (χ1v) is 6.64. The van der Waals surface area contributed by atoms with E-state index >= 15 is 0 Å². The van der Waals surface area contributed by atoms with E-state index in [0.717, 1.165) is 31.0 Å². The van der Waals surface area contributed by atoms with E-state index in [-0.39, 0.29) is 12.4 Å². The van der Waals surface area contributed by atoms with Gasteiger partial charge in [-0.05, 0) is 33.2 Å². The summed E-state index contributed by atoms with van der Waals surface area (Å²) < 4.78 is 1.95. The number of nitrogens with one attached hydrogen (secondary N) is 1. The fourth-order valence-electron chi connectivity index (χ4n) is 2.04. The maximum Gasteiger partial charge on any atom is 0.0645 e. The minimum absolute atomic E-state index is 0. The van der Waals surface area contributed by atoms with Crippen LogP contribution in [0.25, 0.3) is 5.69 Å². The summed E-state index contributed by atoms with van der Waals surface area (Å²) >= 11 is 0. The summed E-state index contributed by atoms with van der Waals surface area (Å²) in [6, 6.07) is 10.2. The van der Waals surface area contributed by atoms with Crippen molar-refractivity contribution in [1.82, 2.24) is 20.0 Å². The molecule has 0 radical (unpaired) electrons. The Kier molecular flexibility index (Phi) is 6.71. The van der Waals surface area contributed by atoms with Crippen molar-refractivity contribution in [3.63, 3.8) is 0 Å². The van der Waals surface area contributed by atoms with Gasteiger partial charge in [-0.15, -0.1) is 12.4 Å². The Bertz CT molecular complexity index is 510. The molecule has 20 heavy (non-hydrogen) atoms. The van der Waals surface area contributed by atoms with Crippen LogP contribution in [0.1, 0.15) is 11.3 Å². The van der Waals surface area contributed by atoms with E-state index in [0.29, 0.717) is 0 Å². The Morgan fingerprint density at radius 3 is 2.60 bits per heavy atom. The first-order chi connectivity index (χ1) is 9.20. The predicted octanol–water partition coefficient (Wildman–Crippen LogP) is 2.25. The molecule has 2 rings (SSSR count). The van der Waals surface area contributed by atoms with Crippen LogP contribution in [-0.4, -0.2) is 41.9 Å². The highest BCUT2D eigenvalue weighted by Gasteiger charge is 2.08. The van der Waals surface area contributed by atoms with Gasteiger partial charge in [0.15, 0.2) is 0 Å². The van der Waals surface area contributed by atoms with Crippen LogP contribution < -0.4 is 5.32 Å². The molecule has 5 heteroatoms. The van der Waals surface area contributed by atoms with Crippen molar-refractivity contribution in [3.8, 4) is 5.69 Å². The quantitative estimate of drug-likeness (QED) is 0.887. The number of hydrogen-bond donors (Lipinski definition) is 1. The number of nitrogens with zero attached hydrogens (tertiary/aromatic N) is 3. The Labute approximate surface area is 127 Å². The molecule has 0 unspecified atom stereocenters. The van der Waals surface area contributed by atoms with Crippen molar-refractivity contribution in [1.29, 1.82) is 0 Å². The molecule has 0 spiro atoms. The molecule has 1 aromatic carbocycles. The molecule has 0 fully saturated rings. The van der Waals surface area contributed by atoms with Crippen LogP contribution in [-0.2, 0) is 6.54 Å². The van der Waals surface area contributed by atoms with E-state index in [1.165, 1.54) is 5.56 Å². The molecule has 1 aromatic heterocycles. The summed E-state index contributed by atoms with van der Waals surface area (Å²) in [7, 11) is 4.11. The fourth-order valence-corrected chi connectivity index (χ4v) is 2.04. The zero-order valence-electron chi connectivity index (χ0n) is 12.3. The molecule has 0 bridgehead atoms. The third kappa shape index (κ3) is 4.34. The Hall–Kier alpha value is -1.36. The number of halogens is 1. The van der Waals surface area contributed by atoms with Crippen molar-refractivity contribution in [3.05, 3.63) is 47.8 Å². The highest BCUT2D eigenvalue weighted by molar-refractivity contribution is 5.85. The Balaban J connectivity index is 0.00000200. The average Bonchev–Trinajstić information content (AvgIpc) is 2.79. The van der Waals surface area contributed by atoms with Gasteiger partial charge in [0, 0.05) is 31.4 Å². The molecule has 0 atom stereocenters. The normalized spacial score (nSPS) is 10.6. The first-order valence-electron chi connectivity index (χ1n) is 6.64. The number of aryl methyl sites for hydroxylation is 1. The molecule has 1 heterocycles. The van der Waals surface area contributed by atoms with Gasteiger partial charge in [0.25, 0.3) is 0 Å².